The van der Waals surface area contributed by atoms with E-state index in [0.717, 1.165) is 38.2 Å². The van der Waals surface area contributed by atoms with Crippen LogP contribution in [0.2, 0.25) is 0 Å². The summed E-state index contributed by atoms with van der Waals surface area (Å²) in [6, 6.07) is 25.5. The van der Waals surface area contributed by atoms with Gasteiger partial charge in [-0.15, -0.1) is 0 Å². The Kier molecular flexibility index (Phi) is 4.54. The third-order valence-electron chi connectivity index (χ3n) is 7.77. The lowest BCUT2D eigenvalue weighted by molar-refractivity contribution is -0.127. The molecule has 6 rings (SSSR count). The minimum absolute atomic E-state index is 0.0820. The maximum Gasteiger partial charge on any atom is 0.232 e. The molecule has 3 aromatic carbocycles. The highest BCUT2D eigenvalue weighted by Gasteiger charge is 2.62. The maximum absolute atomic E-state index is 12.8. The van der Waals surface area contributed by atoms with Gasteiger partial charge in [0, 0.05) is 31.9 Å². The number of nitrogens with one attached hydrogen (secondary N) is 1. The minimum Gasteiger partial charge on any atom is -0.364 e. The summed E-state index contributed by atoms with van der Waals surface area (Å²) in [6.07, 6.45) is 1.77. The van der Waals surface area contributed by atoms with Crippen LogP contribution in [0.4, 0.5) is 5.69 Å². The Morgan fingerprint density at radius 1 is 0.844 bits per heavy atom. The Bertz CT molecular complexity index is 1180. The van der Waals surface area contributed by atoms with Gasteiger partial charge in [0.2, 0.25) is 11.8 Å². The van der Waals surface area contributed by atoms with Gasteiger partial charge in [-0.2, -0.15) is 0 Å². The van der Waals surface area contributed by atoms with E-state index in [2.05, 4.69) is 69.7 Å². The second-order valence-electron chi connectivity index (χ2n) is 9.45. The zero-order valence-corrected chi connectivity index (χ0v) is 18.0. The molecule has 2 atom stereocenters. The molecule has 0 aliphatic carbocycles. The number of benzene rings is 3. The molecule has 5 nitrogen and oxygen atoms in total. The van der Waals surface area contributed by atoms with Gasteiger partial charge in [-0.3, -0.25) is 19.8 Å². The largest absolute Gasteiger partial charge is 0.364 e. The highest BCUT2D eigenvalue weighted by molar-refractivity contribution is 6.07. The first-order valence-electron chi connectivity index (χ1n) is 11.5. The van der Waals surface area contributed by atoms with Crippen molar-refractivity contribution in [1.29, 1.82) is 0 Å². The molecule has 2 amide bonds. The number of hydrogen-bond donors (Lipinski definition) is 1. The van der Waals surface area contributed by atoms with Crippen LogP contribution < -0.4 is 10.2 Å². The molecule has 2 unspecified atom stereocenters. The molecule has 5 heteroatoms. The fourth-order valence-electron chi connectivity index (χ4n) is 6.22. The van der Waals surface area contributed by atoms with Gasteiger partial charge in [0.25, 0.3) is 0 Å². The molecule has 3 saturated heterocycles. The average molecular weight is 426 g/mol. The van der Waals surface area contributed by atoms with Gasteiger partial charge in [0.15, 0.2) is 0 Å². The van der Waals surface area contributed by atoms with Gasteiger partial charge >= 0.3 is 0 Å². The number of fused-ring (bicyclic) bond motifs is 3. The normalized spacial score (nSPS) is 24.8. The number of rotatable bonds is 3. The third-order valence-corrected chi connectivity index (χ3v) is 7.77. The van der Waals surface area contributed by atoms with Crippen LogP contribution in [-0.2, 0) is 16.1 Å². The second kappa shape index (κ2) is 7.45. The number of para-hydroxylation sites is 1. The van der Waals surface area contributed by atoms with E-state index in [4.69, 9.17) is 0 Å². The molecule has 0 bridgehead atoms. The van der Waals surface area contributed by atoms with Crippen LogP contribution in [0.1, 0.15) is 18.4 Å². The molecule has 0 aromatic heterocycles. The van der Waals surface area contributed by atoms with E-state index in [9.17, 15) is 9.59 Å². The molecule has 162 valence electrons. The van der Waals surface area contributed by atoms with Crippen molar-refractivity contribution >= 4 is 28.3 Å². The lowest BCUT2D eigenvalue weighted by atomic mass is 9.74. The summed E-state index contributed by atoms with van der Waals surface area (Å²) < 4.78 is 0. The van der Waals surface area contributed by atoms with Crippen molar-refractivity contribution in [3.05, 3.63) is 78.4 Å². The van der Waals surface area contributed by atoms with Crippen molar-refractivity contribution in [3.63, 3.8) is 0 Å². The lowest BCUT2D eigenvalue weighted by Gasteiger charge is -2.48. The summed E-state index contributed by atoms with van der Waals surface area (Å²) >= 11 is 0. The first kappa shape index (κ1) is 19.5. The smallest absolute Gasteiger partial charge is 0.232 e. The van der Waals surface area contributed by atoms with E-state index in [1.807, 2.05) is 18.2 Å². The van der Waals surface area contributed by atoms with E-state index >= 15 is 0 Å². The van der Waals surface area contributed by atoms with Crippen molar-refractivity contribution in [2.45, 2.75) is 24.9 Å². The van der Waals surface area contributed by atoms with E-state index in [0.29, 0.717) is 6.54 Å². The SMILES string of the molecule is O=C1NC(=O)C2C1CN(c1ccccc1)C21CCN(Cc2ccc3ccccc3c2)CC1. The van der Waals surface area contributed by atoms with Gasteiger partial charge < -0.3 is 4.90 Å². The first-order valence-corrected chi connectivity index (χ1v) is 11.5. The number of likely N-dealkylation sites (tertiary alicyclic amines) is 1. The lowest BCUT2D eigenvalue weighted by Crippen LogP contribution is -2.57. The number of anilines is 1. The molecule has 3 aliphatic rings. The number of carbonyl (C=O) groups excluding carboxylic acids is 2. The quantitative estimate of drug-likeness (QED) is 0.652. The predicted molar refractivity (Wildman–Crippen MR) is 125 cm³/mol. The van der Waals surface area contributed by atoms with Crippen LogP contribution in [0.25, 0.3) is 10.8 Å². The molecule has 3 aromatic rings. The Hall–Kier alpha value is -3.18. The average Bonchev–Trinajstić information content (AvgIpc) is 3.31. The van der Waals surface area contributed by atoms with Gasteiger partial charge in [0.05, 0.1) is 17.4 Å². The van der Waals surface area contributed by atoms with Crippen LogP contribution in [0.15, 0.2) is 72.8 Å². The van der Waals surface area contributed by atoms with Crippen molar-refractivity contribution in [2.24, 2.45) is 11.8 Å². The molecule has 3 heterocycles. The highest BCUT2D eigenvalue weighted by atomic mass is 16.2. The van der Waals surface area contributed by atoms with Crippen LogP contribution >= 0.6 is 0 Å². The van der Waals surface area contributed by atoms with E-state index in [1.54, 1.807) is 0 Å². The fraction of sp³-hybridized carbons (Fsp3) is 0.333. The summed E-state index contributed by atoms with van der Waals surface area (Å²) in [5, 5.41) is 5.15. The van der Waals surface area contributed by atoms with Crippen LogP contribution in [0.5, 0.6) is 0 Å². The van der Waals surface area contributed by atoms with Crippen molar-refractivity contribution in [1.82, 2.24) is 10.2 Å². The Balaban J connectivity index is 1.25. The summed E-state index contributed by atoms with van der Waals surface area (Å²) in [5.74, 6) is -0.675. The van der Waals surface area contributed by atoms with Gasteiger partial charge in [-0.05, 0) is 47.4 Å². The maximum atomic E-state index is 12.8. The molecule has 1 N–H and O–H groups in total. The topological polar surface area (TPSA) is 52.7 Å². The number of amides is 2. The number of nitrogens with zero attached hydrogens (tertiary/aromatic N) is 2. The number of carbonyl (C=O) groups is 2. The number of imide groups is 1. The second-order valence-corrected chi connectivity index (χ2v) is 9.45. The molecule has 1 spiro atoms. The molecule has 0 saturated carbocycles. The molecular formula is C27H27N3O2. The Morgan fingerprint density at radius 2 is 1.56 bits per heavy atom. The fourth-order valence-corrected chi connectivity index (χ4v) is 6.22. The van der Waals surface area contributed by atoms with Gasteiger partial charge in [0.1, 0.15) is 0 Å². The zero-order chi connectivity index (χ0) is 21.7. The summed E-state index contributed by atoms with van der Waals surface area (Å²) in [7, 11) is 0. The summed E-state index contributed by atoms with van der Waals surface area (Å²) in [6.45, 7) is 3.37. The van der Waals surface area contributed by atoms with Crippen molar-refractivity contribution in [2.75, 3.05) is 24.5 Å². The molecule has 3 aliphatic heterocycles. The molecule has 32 heavy (non-hydrogen) atoms. The van der Waals surface area contributed by atoms with E-state index in [1.165, 1.54) is 16.3 Å². The van der Waals surface area contributed by atoms with E-state index in [-0.39, 0.29) is 29.2 Å². The third kappa shape index (κ3) is 3.03. The number of piperidine rings is 1. The zero-order valence-electron chi connectivity index (χ0n) is 18.0. The van der Waals surface area contributed by atoms with Gasteiger partial charge in [-0.1, -0.05) is 54.6 Å². The molecular weight excluding hydrogens is 398 g/mol. The monoisotopic (exact) mass is 425 g/mol. The summed E-state index contributed by atoms with van der Waals surface area (Å²) in [5.41, 5.74) is 2.14. The molecule has 0 radical (unpaired) electrons. The van der Waals surface area contributed by atoms with Crippen molar-refractivity contribution in [3.8, 4) is 0 Å². The highest BCUT2D eigenvalue weighted by Crippen LogP contribution is 2.49. The molecule has 3 fully saturated rings. The minimum atomic E-state index is -0.290. The summed E-state index contributed by atoms with van der Waals surface area (Å²) in [4.78, 5) is 30.2. The first-order chi connectivity index (χ1) is 15.6. The van der Waals surface area contributed by atoms with Crippen LogP contribution in [0, 0.1) is 11.8 Å². The Morgan fingerprint density at radius 3 is 2.34 bits per heavy atom. The number of hydrogen-bond acceptors (Lipinski definition) is 4. The van der Waals surface area contributed by atoms with Gasteiger partial charge in [-0.25, -0.2) is 0 Å². The predicted octanol–water partition coefficient (Wildman–Crippen LogP) is 3.58. The van der Waals surface area contributed by atoms with Crippen LogP contribution in [0.3, 0.4) is 0 Å². The Labute approximate surface area is 188 Å². The standard InChI is InChI=1S/C27H27N3O2/c31-25-23-18-30(22-8-2-1-3-9-22)27(24(23)26(32)28-25)12-14-29(15-13-27)17-19-10-11-20-6-4-5-7-21(20)16-19/h1-11,16,23-24H,12-15,17-18H2,(H,28,31,32). The van der Waals surface area contributed by atoms with Crippen LogP contribution in [-0.4, -0.2) is 41.9 Å². The van der Waals surface area contributed by atoms with Crippen molar-refractivity contribution < 1.29 is 9.59 Å². The van der Waals surface area contributed by atoms with E-state index < -0.39 is 0 Å².